The van der Waals surface area contributed by atoms with Gasteiger partial charge in [-0.25, -0.2) is 0 Å². The fourth-order valence-electron chi connectivity index (χ4n) is 2.55. The maximum Gasteiger partial charge on any atom is 0.325 e. The van der Waals surface area contributed by atoms with Crippen LogP contribution in [0.5, 0.6) is 0 Å². The molecule has 1 aromatic carbocycles. The first-order valence-electron chi connectivity index (χ1n) is 6.26. The number of hydrogen-bond donors (Lipinski definition) is 2. The lowest BCUT2D eigenvalue weighted by molar-refractivity contribution is -0.138. The zero-order valence-corrected chi connectivity index (χ0v) is 9.93. The maximum atomic E-state index is 10.8. The van der Waals surface area contributed by atoms with Crippen molar-refractivity contribution in [3.05, 3.63) is 35.4 Å². The van der Waals surface area contributed by atoms with Crippen molar-refractivity contribution in [2.45, 2.75) is 44.1 Å². The van der Waals surface area contributed by atoms with Gasteiger partial charge in [-0.15, -0.1) is 0 Å². The highest BCUT2D eigenvalue weighted by atomic mass is 16.4. The highest BCUT2D eigenvalue weighted by Crippen LogP contribution is 2.32. The fraction of sp³-hybridized carbons (Fsp3) is 0.500. The summed E-state index contributed by atoms with van der Waals surface area (Å²) in [6, 6.07) is 6.86. The van der Waals surface area contributed by atoms with Crippen molar-refractivity contribution in [1.82, 2.24) is 0 Å². The predicted molar refractivity (Wildman–Crippen MR) is 66.8 cm³/mol. The van der Waals surface area contributed by atoms with Crippen LogP contribution < -0.4 is 5.73 Å². The second-order valence-corrected chi connectivity index (χ2v) is 4.82. The second-order valence-electron chi connectivity index (χ2n) is 4.82. The summed E-state index contributed by atoms with van der Waals surface area (Å²) in [5.41, 5.74) is 7.57. The number of carboxylic acid groups (broad SMARTS) is 1. The monoisotopic (exact) mass is 233 g/mol. The molecule has 3 N–H and O–H groups in total. The molecule has 1 aliphatic rings. The summed E-state index contributed by atoms with van der Waals surface area (Å²) < 4.78 is 0. The zero-order chi connectivity index (χ0) is 12.3. The van der Waals surface area contributed by atoms with Crippen molar-refractivity contribution in [2.24, 2.45) is 5.73 Å². The first-order valence-corrected chi connectivity index (χ1v) is 6.26. The quantitative estimate of drug-likeness (QED) is 0.843. The Balaban J connectivity index is 2.09. The highest BCUT2D eigenvalue weighted by Gasteiger charge is 2.17. The van der Waals surface area contributed by atoms with Crippen LogP contribution in [0, 0.1) is 0 Å². The molecule has 1 atom stereocenters. The van der Waals surface area contributed by atoms with Gasteiger partial charge in [-0.1, -0.05) is 43.5 Å². The van der Waals surface area contributed by atoms with E-state index in [4.69, 9.17) is 10.8 Å². The summed E-state index contributed by atoms with van der Waals surface area (Å²) in [5.74, 6) is -0.325. The zero-order valence-electron chi connectivity index (χ0n) is 9.93. The molecule has 1 aliphatic carbocycles. The number of hydrogen-bond acceptors (Lipinski definition) is 2. The largest absolute Gasteiger partial charge is 0.480 e. The Bertz CT molecular complexity index is 380. The van der Waals surface area contributed by atoms with E-state index in [1.807, 2.05) is 24.3 Å². The first-order chi connectivity index (χ1) is 8.18. The number of aliphatic carboxylic acids is 1. The number of nitrogens with two attached hydrogens (primary N) is 1. The third-order valence-corrected chi connectivity index (χ3v) is 3.64. The molecular weight excluding hydrogens is 214 g/mol. The third kappa shape index (κ3) is 2.86. The minimum absolute atomic E-state index is 0.652. The van der Waals surface area contributed by atoms with E-state index in [2.05, 4.69) is 0 Å². The Morgan fingerprint density at radius 1 is 1.18 bits per heavy atom. The van der Waals surface area contributed by atoms with E-state index in [-0.39, 0.29) is 0 Å². The molecule has 3 nitrogen and oxygen atoms in total. The van der Waals surface area contributed by atoms with Crippen molar-refractivity contribution in [2.75, 3.05) is 0 Å². The summed E-state index contributed by atoms with van der Waals surface area (Å²) in [5, 5.41) is 8.83. The highest BCUT2D eigenvalue weighted by molar-refractivity contribution is 5.75. The Morgan fingerprint density at radius 2 is 1.76 bits per heavy atom. The van der Waals surface area contributed by atoms with Crippen LogP contribution in [0.15, 0.2) is 24.3 Å². The molecule has 1 fully saturated rings. The summed E-state index contributed by atoms with van der Waals surface area (Å²) in [6.07, 6.45) is 6.47. The van der Waals surface area contributed by atoms with E-state index < -0.39 is 12.0 Å². The van der Waals surface area contributed by atoms with Crippen molar-refractivity contribution in [1.29, 1.82) is 0 Å². The van der Waals surface area contributed by atoms with Gasteiger partial charge in [0.2, 0.25) is 0 Å². The van der Waals surface area contributed by atoms with Crippen LogP contribution in [0.25, 0.3) is 0 Å². The summed E-state index contributed by atoms with van der Waals surface area (Å²) in [6.45, 7) is 0. The molecule has 0 bridgehead atoms. The van der Waals surface area contributed by atoms with E-state index in [0.29, 0.717) is 11.5 Å². The number of carbonyl (C=O) groups is 1. The van der Waals surface area contributed by atoms with E-state index in [1.54, 1.807) is 0 Å². The van der Waals surface area contributed by atoms with Gasteiger partial charge in [0.25, 0.3) is 0 Å². The van der Waals surface area contributed by atoms with Crippen molar-refractivity contribution < 1.29 is 9.90 Å². The van der Waals surface area contributed by atoms with E-state index in [1.165, 1.54) is 37.7 Å². The summed E-state index contributed by atoms with van der Waals surface area (Å²) in [7, 11) is 0. The van der Waals surface area contributed by atoms with Crippen LogP contribution in [0.3, 0.4) is 0 Å². The molecule has 0 unspecified atom stereocenters. The molecule has 3 heteroatoms. The van der Waals surface area contributed by atoms with Gasteiger partial charge in [-0.2, -0.15) is 0 Å². The number of rotatable bonds is 3. The van der Waals surface area contributed by atoms with Crippen molar-refractivity contribution in [3.63, 3.8) is 0 Å². The average Bonchev–Trinajstić information content (AvgIpc) is 2.39. The third-order valence-electron chi connectivity index (χ3n) is 3.64. The van der Waals surface area contributed by atoms with Crippen LogP contribution in [0.1, 0.15) is 55.2 Å². The van der Waals surface area contributed by atoms with Gasteiger partial charge >= 0.3 is 5.97 Å². The molecule has 0 heterocycles. The van der Waals surface area contributed by atoms with Crippen molar-refractivity contribution >= 4 is 5.97 Å². The van der Waals surface area contributed by atoms with Crippen LogP contribution in [-0.4, -0.2) is 11.1 Å². The Hall–Kier alpha value is -1.35. The van der Waals surface area contributed by atoms with Gasteiger partial charge in [0.05, 0.1) is 0 Å². The average molecular weight is 233 g/mol. The Labute approximate surface area is 102 Å². The minimum atomic E-state index is -0.976. The molecule has 0 amide bonds. The SMILES string of the molecule is N[C@H](C(=O)O)c1ccc(C2CCCCC2)cc1. The van der Waals surface area contributed by atoms with Crippen LogP contribution in [-0.2, 0) is 4.79 Å². The summed E-state index contributed by atoms with van der Waals surface area (Å²) in [4.78, 5) is 10.8. The number of carboxylic acids is 1. The van der Waals surface area contributed by atoms with E-state index >= 15 is 0 Å². The minimum Gasteiger partial charge on any atom is -0.480 e. The standard InChI is InChI=1S/C14H19NO2/c15-13(14(16)17)12-8-6-11(7-9-12)10-4-2-1-3-5-10/h6-10,13H,1-5,15H2,(H,16,17)/t13-/m0/s1. The molecule has 1 saturated carbocycles. The van der Waals surface area contributed by atoms with E-state index in [0.717, 1.165) is 0 Å². The van der Waals surface area contributed by atoms with Gasteiger partial charge in [-0.05, 0) is 29.9 Å². The van der Waals surface area contributed by atoms with Crippen LogP contribution in [0.2, 0.25) is 0 Å². The Kier molecular flexibility index (Phi) is 3.79. The van der Waals surface area contributed by atoms with Crippen LogP contribution in [0.4, 0.5) is 0 Å². The molecule has 0 spiro atoms. The molecule has 0 saturated heterocycles. The van der Waals surface area contributed by atoms with Crippen LogP contribution >= 0.6 is 0 Å². The molecule has 0 aliphatic heterocycles. The predicted octanol–water partition coefficient (Wildman–Crippen LogP) is 2.82. The first kappa shape index (κ1) is 12.1. The molecule has 92 valence electrons. The lowest BCUT2D eigenvalue weighted by Gasteiger charge is -2.22. The van der Waals surface area contributed by atoms with E-state index in [9.17, 15) is 4.79 Å². The topological polar surface area (TPSA) is 63.3 Å². The van der Waals surface area contributed by atoms with Gasteiger partial charge in [0, 0.05) is 0 Å². The Morgan fingerprint density at radius 3 is 2.29 bits per heavy atom. The lowest BCUT2D eigenvalue weighted by Crippen LogP contribution is -2.20. The lowest BCUT2D eigenvalue weighted by atomic mass is 9.84. The van der Waals surface area contributed by atoms with Gasteiger partial charge in [0.1, 0.15) is 6.04 Å². The van der Waals surface area contributed by atoms with Gasteiger partial charge in [-0.3, -0.25) is 4.79 Å². The smallest absolute Gasteiger partial charge is 0.325 e. The molecule has 17 heavy (non-hydrogen) atoms. The summed E-state index contributed by atoms with van der Waals surface area (Å²) >= 11 is 0. The molecule has 1 aromatic rings. The van der Waals surface area contributed by atoms with Gasteiger partial charge < -0.3 is 10.8 Å². The van der Waals surface area contributed by atoms with Crippen molar-refractivity contribution in [3.8, 4) is 0 Å². The molecule has 0 radical (unpaired) electrons. The molecular formula is C14H19NO2. The second kappa shape index (κ2) is 5.32. The van der Waals surface area contributed by atoms with Gasteiger partial charge in [0.15, 0.2) is 0 Å². The molecule has 0 aromatic heterocycles. The normalized spacial score (nSPS) is 18.9. The maximum absolute atomic E-state index is 10.8. The fourth-order valence-corrected chi connectivity index (χ4v) is 2.55. The number of benzene rings is 1. The molecule has 2 rings (SSSR count).